The number of rotatable bonds is 8. The molecule has 0 spiro atoms. The van der Waals surface area contributed by atoms with Crippen LogP contribution in [0.2, 0.25) is 0 Å². The summed E-state index contributed by atoms with van der Waals surface area (Å²) in [6, 6.07) is -0.174. The second-order valence-corrected chi connectivity index (χ2v) is 4.84. The molecule has 0 radical (unpaired) electrons. The van der Waals surface area contributed by atoms with E-state index in [1.807, 2.05) is 0 Å². The Bertz CT molecular complexity index is 304. The van der Waals surface area contributed by atoms with Crippen LogP contribution in [0.1, 0.15) is 32.6 Å². The van der Waals surface area contributed by atoms with Gasteiger partial charge in [-0.05, 0) is 39.7 Å². The number of aliphatic carboxylic acids is 1. The zero-order valence-electron chi connectivity index (χ0n) is 10.3. The smallest absolute Gasteiger partial charge is 0.323 e. The highest BCUT2D eigenvalue weighted by Gasteiger charge is 2.38. The van der Waals surface area contributed by atoms with Gasteiger partial charge in [0.2, 0.25) is 5.91 Å². The van der Waals surface area contributed by atoms with Crippen molar-refractivity contribution in [2.75, 3.05) is 7.05 Å². The molecule has 0 aliphatic heterocycles. The second-order valence-electron chi connectivity index (χ2n) is 4.84. The molecule has 1 fully saturated rings. The van der Waals surface area contributed by atoms with Crippen LogP contribution in [0.3, 0.4) is 0 Å². The molecule has 5 N–H and O–H groups in total. The molecule has 1 saturated carbocycles. The summed E-state index contributed by atoms with van der Waals surface area (Å²) in [4.78, 5) is 22.3. The van der Waals surface area contributed by atoms with E-state index in [4.69, 9.17) is 5.73 Å². The number of amides is 1. The minimum absolute atomic E-state index is 0.303. The number of carboxylic acid groups (broad SMARTS) is 1. The molecule has 6 nitrogen and oxygen atoms in total. The first-order valence-corrected chi connectivity index (χ1v) is 5.86. The Morgan fingerprint density at radius 1 is 1.53 bits per heavy atom. The minimum Gasteiger partial charge on any atom is -0.480 e. The van der Waals surface area contributed by atoms with E-state index < -0.39 is 23.5 Å². The van der Waals surface area contributed by atoms with E-state index in [9.17, 15) is 14.7 Å². The van der Waals surface area contributed by atoms with Crippen molar-refractivity contribution in [3.05, 3.63) is 0 Å². The molecule has 0 heterocycles. The van der Waals surface area contributed by atoms with Gasteiger partial charge in [0.25, 0.3) is 0 Å². The van der Waals surface area contributed by atoms with E-state index in [2.05, 4.69) is 10.6 Å². The second kappa shape index (κ2) is 5.46. The molecule has 1 aliphatic rings. The number of likely N-dealkylation sites (N-methyl/N-ethyl adjacent to an activating group) is 1. The van der Waals surface area contributed by atoms with Crippen molar-refractivity contribution >= 4 is 11.9 Å². The summed E-state index contributed by atoms with van der Waals surface area (Å²) >= 11 is 0. The van der Waals surface area contributed by atoms with Crippen LogP contribution in [0.5, 0.6) is 0 Å². The Hall–Kier alpha value is -1.14. The number of nitrogens with one attached hydrogen (secondary N) is 2. The molecule has 1 amide bonds. The average Bonchev–Trinajstić information content (AvgIpc) is 3.01. The zero-order chi connectivity index (χ0) is 13.1. The molecule has 1 rings (SSSR count). The molecule has 2 unspecified atom stereocenters. The van der Waals surface area contributed by atoms with Crippen molar-refractivity contribution in [1.82, 2.24) is 10.6 Å². The maximum absolute atomic E-state index is 11.3. The summed E-state index contributed by atoms with van der Waals surface area (Å²) in [5, 5.41) is 15.1. The summed E-state index contributed by atoms with van der Waals surface area (Å²) < 4.78 is 0. The number of nitrogens with two attached hydrogens (primary N) is 1. The maximum atomic E-state index is 11.3. The van der Waals surface area contributed by atoms with Gasteiger partial charge in [-0.1, -0.05) is 0 Å². The molecule has 17 heavy (non-hydrogen) atoms. The molecule has 0 aromatic heterocycles. The monoisotopic (exact) mass is 243 g/mol. The average molecular weight is 243 g/mol. The Labute approximate surface area is 101 Å². The van der Waals surface area contributed by atoms with Crippen LogP contribution in [0.25, 0.3) is 0 Å². The van der Waals surface area contributed by atoms with E-state index in [1.54, 1.807) is 14.0 Å². The quantitative estimate of drug-likeness (QED) is 0.457. The third kappa shape index (κ3) is 3.98. The molecule has 6 heteroatoms. The maximum Gasteiger partial charge on any atom is 0.323 e. The number of carboxylic acids is 1. The van der Waals surface area contributed by atoms with Gasteiger partial charge < -0.3 is 16.2 Å². The lowest BCUT2D eigenvalue weighted by molar-refractivity contribution is -0.144. The first-order chi connectivity index (χ1) is 7.89. The first kappa shape index (κ1) is 13.9. The predicted octanol–water partition coefficient (Wildman–Crippen LogP) is -0.565. The van der Waals surface area contributed by atoms with Crippen LogP contribution < -0.4 is 16.4 Å². The van der Waals surface area contributed by atoms with Crippen LogP contribution >= 0.6 is 0 Å². The van der Waals surface area contributed by atoms with E-state index in [0.717, 1.165) is 12.8 Å². The Balaban J connectivity index is 2.53. The number of primary amides is 1. The molecule has 0 aromatic rings. The third-order valence-electron chi connectivity index (χ3n) is 3.20. The van der Waals surface area contributed by atoms with Gasteiger partial charge in [-0.15, -0.1) is 0 Å². The Kier molecular flexibility index (Phi) is 4.47. The number of hydrogen-bond acceptors (Lipinski definition) is 4. The fourth-order valence-corrected chi connectivity index (χ4v) is 1.78. The third-order valence-corrected chi connectivity index (χ3v) is 3.20. The molecule has 0 aromatic carbocycles. The van der Waals surface area contributed by atoms with Crippen molar-refractivity contribution in [3.63, 3.8) is 0 Å². The van der Waals surface area contributed by atoms with Crippen LogP contribution in [-0.2, 0) is 9.59 Å². The first-order valence-electron chi connectivity index (χ1n) is 5.86. The van der Waals surface area contributed by atoms with Crippen LogP contribution in [0, 0.1) is 0 Å². The molecule has 1 aliphatic carbocycles. The van der Waals surface area contributed by atoms with Gasteiger partial charge in [-0.25, -0.2) is 0 Å². The zero-order valence-corrected chi connectivity index (χ0v) is 10.3. The van der Waals surface area contributed by atoms with Crippen LogP contribution in [0.4, 0.5) is 0 Å². The lowest BCUT2D eigenvalue weighted by Crippen LogP contribution is -2.52. The lowest BCUT2D eigenvalue weighted by Gasteiger charge is -2.27. The molecule has 2 atom stereocenters. The molecule has 0 saturated heterocycles. The van der Waals surface area contributed by atoms with E-state index in [1.165, 1.54) is 0 Å². The number of carbonyl (C=O) groups excluding carboxylic acids is 1. The van der Waals surface area contributed by atoms with E-state index in [0.29, 0.717) is 18.9 Å². The molecular formula is C11H21N3O3. The number of hydrogen-bond donors (Lipinski definition) is 4. The van der Waals surface area contributed by atoms with Gasteiger partial charge in [0.1, 0.15) is 5.54 Å². The Morgan fingerprint density at radius 2 is 2.12 bits per heavy atom. The van der Waals surface area contributed by atoms with E-state index in [-0.39, 0.29) is 0 Å². The molecule has 0 bridgehead atoms. The molecule has 98 valence electrons. The van der Waals surface area contributed by atoms with Crippen molar-refractivity contribution in [1.29, 1.82) is 0 Å². The predicted molar refractivity (Wildman–Crippen MR) is 63.5 cm³/mol. The highest BCUT2D eigenvalue weighted by molar-refractivity contribution is 5.80. The van der Waals surface area contributed by atoms with Gasteiger partial charge in [0.15, 0.2) is 0 Å². The standard InChI is InChI=1S/C11H21N3O3/c1-11(10(16)17,14-7-3-4-7)6-5-8(13-2)9(12)15/h7-8,13-14H,3-6H2,1-2H3,(H2,12,15)(H,16,17). The van der Waals surface area contributed by atoms with Crippen LogP contribution in [0.15, 0.2) is 0 Å². The largest absolute Gasteiger partial charge is 0.480 e. The SMILES string of the molecule is CNC(CCC(C)(NC1CC1)C(=O)O)C(N)=O. The van der Waals surface area contributed by atoms with Crippen molar-refractivity contribution in [2.24, 2.45) is 5.73 Å². The summed E-state index contributed by atoms with van der Waals surface area (Å²) in [5.41, 5.74) is 4.22. The summed E-state index contributed by atoms with van der Waals surface area (Å²) in [7, 11) is 1.64. The Morgan fingerprint density at radius 3 is 2.47 bits per heavy atom. The van der Waals surface area contributed by atoms with Gasteiger partial charge in [-0.3, -0.25) is 14.9 Å². The minimum atomic E-state index is -0.980. The fraction of sp³-hybridized carbons (Fsp3) is 0.818. The normalized spacial score (nSPS) is 20.6. The van der Waals surface area contributed by atoms with Gasteiger partial charge in [0, 0.05) is 6.04 Å². The highest BCUT2D eigenvalue weighted by atomic mass is 16.4. The molecular weight excluding hydrogens is 222 g/mol. The van der Waals surface area contributed by atoms with E-state index >= 15 is 0 Å². The van der Waals surface area contributed by atoms with Gasteiger partial charge in [0.05, 0.1) is 6.04 Å². The topological polar surface area (TPSA) is 104 Å². The van der Waals surface area contributed by atoms with Crippen LogP contribution in [-0.4, -0.2) is 41.7 Å². The highest BCUT2D eigenvalue weighted by Crippen LogP contribution is 2.25. The van der Waals surface area contributed by atoms with Crippen molar-refractivity contribution in [3.8, 4) is 0 Å². The van der Waals surface area contributed by atoms with Gasteiger partial charge >= 0.3 is 5.97 Å². The fourth-order valence-electron chi connectivity index (χ4n) is 1.78. The summed E-state index contributed by atoms with van der Waals surface area (Å²) in [6.07, 6.45) is 2.82. The number of carbonyl (C=O) groups is 2. The van der Waals surface area contributed by atoms with Crippen molar-refractivity contribution in [2.45, 2.75) is 50.2 Å². The summed E-state index contributed by atoms with van der Waals surface area (Å²) in [5.74, 6) is -1.34. The van der Waals surface area contributed by atoms with Crippen molar-refractivity contribution < 1.29 is 14.7 Å². The van der Waals surface area contributed by atoms with Gasteiger partial charge in [-0.2, -0.15) is 0 Å². The lowest BCUT2D eigenvalue weighted by atomic mass is 9.93. The summed E-state index contributed by atoms with van der Waals surface area (Å²) in [6.45, 7) is 1.65.